The lowest BCUT2D eigenvalue weighted by Crippen LogP contribution is -1.87. The summed E-state index contributed by atoms with van der Waals surface area (Å²) in [4.78, 5) is 0. The average Bonchev–Trinajstić information content (AvgIpc) is 2.04. The minimum atomic E-state index is -2.48. The molecule has 0 saturated carbocycles. The molecule has 12 heavy (non-hydrogen) atoms. The number of rotatable bonds is 2. The topological polar surface area (TPSA) is 0 Å². The molecule has 0 bridgehead atoms. The van der Waals surface area contributed by atoms with Crippen molar-refractivity contribution in [2.24, 2.45) is 0 Å². The highest BCUT2D eigenvalue weighted by Crippen LogP contribution is 2.22. The van der Waals surface area contributed by atoms with E-state index < -0.39 is 12.6 Å². The summed E-state index contributed by atoms with van der Waals surface area (Å²) in [5.41, 5.74) is 0.360. The molecule has 66 valence electrons. The first-order chi connectivity index (χ1) is 5.61. The molecule has 1 atom stereocenters. The molecular weight excluding hydrogens is 165 g/mol. The van der Waals surface area contributed by atoms with Gasteiger partial charge in [-0.05, 0) is 12.5 Å². The lowest BCUT2D eigenvalue weighted by molar-refractivity contribution is 0.151. The highest BCUT2D eigenvalue weighted by Gasteiger charge is 2.07. The van der Waals surface area contributed by atoms with E-state index in [4.69, 9.17) is 0 Å². The fourth-order valence-electron chi connectivity index (χ4n) is 0.907. The van der Waals surface area contributed by atoms with Gasteiger partial charge in [0.05, 0.1) is 0 Å². The van der Waals surface area contributed by atoms with Crippen molar-refractivity contribution in [3.05, 3.63) is 35.4 Å². The first-order valence-corrected chi connectivity index (χ1v) is 3.63. The van der Waals surface area contributed by atoms with Gasteiger partial charge in [0.15, 0.2) is 0 Å². The van der Waals surface area contributed by atoms with Crippen molar-refractivity contribution < 1.29 is 13.2 Å². The molecule has 0 aliphatic heterocycles. The van der Waals surface area contributed by atoms with Crippen LogP contribution in [-0.4, -0.2) is 0 Å². The monoisotopic (exact) mass is 174 g/mol. The second kappa shape index (κ2) is 3.61. The van der Waals surface area contributed by atoms with E-state index in [0.717, 1.165) is 0 Å². The predicted octanol–water partition coefficient (Wildman–Crippen LogP) is 3.65. The van der Waals surface area contributed by atoms with Crippen LogP contribution >= 0.6 is 0 Å². The summed E-state index contributed by atoms with van der Waals surface area (Å²) in [6.07, 6.45) is -3.58. The quantitative estimate of drug-likeness (QED) is 0.641. The van der Waals surface area contributed by atoms with Crippen LogP contribution < -0.4 is 0 Å². The summed E-state index contributed by atoms with van der Waals surface area (Å²) in [7, 11) is 0. The lowest BCUT2D eigenvalue weighted by atomic mass is 10.1. The molecule has 0 spiro atoms. The van der Waals surface area contributed by atoms with E-state index >= 15 is 0 Å². The summed E-state index contributed by atoms with van der Waals surface area (Å²) in [6, 6.07) is 5.25. The van der Waals surface area contributed by atoms with Gasteiger partial charge in [0.1, 0.15) is 6.17 Å². The van der Waals surface area contributed by atoms with Gasteiger partial charge < -0.3 is 0 Å². The van der Waals surface area contributed by atoms with Crippen LogP contribution in [0.15, 0.2) is 24.3 Å². The second-order valence-corrected chi connectivity index (χ2v) is 2.58. The van der Waals surface area contributed by atoms with Crippen molar-refractivity contribution in [2.45, 2.75) is 19.5 Å². The third-order valence-corrected chi connectivity index (χ3v) is 1.65. The molecular formula is C9H9F3. The normalized spacial score (nSPS) is 13.4. The molecule has 0 radical (unpaired) electrons. The number of alkyl halides is 3. The van der Waals surface area contributed by atoms with E-state index in [-0.39, 0.29) is 5.56 Å². The predicted molar refractivity (Wildman–Crippen MR) is 40.9 cm³/mol. The zero-order chi connectivity index (χ0) is 9.14. The Morgan fingerprint density at radius 3 is 1.67 bits per heavy atom. The number of benzene rings is 1. The van der Waals surface area contributed by atoms with Crippen LogP contribution in [-0.2, 0) is 0 Å². The number of halogens is 3. The van der Waals surface area contributed by atoms with Crippen LogP contribution in [0.25, 0.3) is 0 Å². The third-order valence-electron chi connectivity index (χ3n) is 1.65. The van der Waals surface area contributed by atoms with Gasteiger partial charge in [-0.1, -0.05) is 24.3 Å². The molecule has 3 heteroatoms. The molecule has 0 nitrogen and oxygen atoms in total. The van der Waals surface area contributed by atoms with Gasteiger partial charge in [-0.3, -0.25) is 0 Å². The Hall–Kier alpha value is -0.990. The van der Waals surface area contributed by atoms with Gasteiger partial charge in [-0.2, -0.15) is 0 Å². The Labute approximate surface area is 69.0 Å². The summed E-state index contributed by atoms with van der Waals surface area (Å²) in [5.74, 6) is 0. The molecule has 1 aromatic carbocycles. The molecule has 1 rings (SSSR count). The fourth-order valence-corrected chi connectivity index (χ4v) is 0.907. The Morgan fingerprint density at radius 1 is 0.917 bits per heavy atom. The molecule has 1 unspecified atom stereocenters. The van der Waals surface area contributed by atoms with E-state index in [2.05, 4.69) is 0 Å². The number of hydrogen-bond donors (Lipinski definition) is 0. The zero-order valence-corrected chi connectivity index (χ0v) is 6.60. The van der Waals surface area contributed by atoms with Crippen molar-refractivity contribution in [3.63, 3.8) is 0 Å². The Balaban J connectivity index is 2.86. The van der Waals surface area contributed by atoms with Crippen molar-refractivity contribution in [1.82, 2.24) is 0 Å². The van der Waals surface area contributed by atoms with Gasteiger partial charge in [-0.25, -0.2) is 13.2 Å². The average molecular weight is 174 g/mol. The van der Waals surface area contributed by atoms with E-state index in [1.165, 1.54) is 31.2 Å². The number of hydrogen-bond acceptors (Lipinski definition) is 0. The Bertz CT molecular complexity index is 211. The fraction of sp³-hybridized carbons (Fsp3) is 0.333. The standard InChI is InChI=1S/C9H9F3/c1-6(10)7-2-4-8(5-3-7)9(11)12/h2-6,9H,1H3. The molecule has 0 N–H and O–H groups in total. The first-order valence-electron chi connectivity index (χ1n) is 3.63. The minimum Gasteiger partial charge on any atom is -0.243 e. The third kappa shape index (κ3) is 2.00. The van der Waals surface area contributed by atoms with E-state index in [0.29, 0.717) is 5.56 Å². The van der Waals surface area contributed by atoms with Crippen molar-refractivity contribution in [3.8, 4) is 0 Å². The Morgan fingerprint density at radius 2 is 1.33 bits per heavy atom. The highest BCUT2D eigenvalue weighted by atomic mass is 19.3. The van der Waals surface area contributed by atoms with E-state index in [9.17, 15) is 13.2 Å². The van der Waals surface area contributed by atoms with E-state index in [1.807, 2.05) is 0 Å². The van der Waals surface area contributed by atoms with Gasteiger partial charge >= 0.3 is 0 Å². The summed E-state index contributed by atoms with van der Waals surface area (Å²) in [5, 5.41) is 0. The van der Waals surface area contributed by atoms with Crippen LogP contribution in [0, 0.1) is 0 Å². The highest BCUT2D eigenvalue weighted by molar-refractivity contribution is 5.24. The maximum atomic E-state index is 12.6. The van der Waals surface area contributed by atoms with Gasteiger partial charge in [0.25, 0.3) is 6.43 Å². The molecule has 0 aliphatic carbocycles. The van der Waals surface area contributed by atoms with Gasteiger partial charge in [0.2, 0.25) is 0 Å². The van der Waals surface area contributed by atoms with Crippen LogP contribution in [0.3, 0.4) is 0 Å². The minimum absolute atomic E-state index is 0.0700. The molecule has 0 aromatic heterocycles. The van der Waals surface area contributed by atoms with Crippen molar-refractivity contribution >= 4 is 0 Å². The van der Waals surface area contributed by atoms with Crippen LogP contribution in [0.2, 0.25) is 0 Å². The van der Waals surface area contributed by atoms with Crippen LogP contribution in [0.5, 0.6) is 0 Å². The maximum absolute atomic E-state index is 12.6. The molecule has 0 fully saturated rings. The van der Waals surface area contributed by atoms with Gasteiger partial charge in [-0.15, -0.1) is 0 Å². The smallest absolute Gasteiger partial charge is 0.243 e. The molecule has 0 amide bonds. The van der Waals surface area contributed by atoms with Crippen LogP contribution in [0.4, 0.5) is 13.2 Å². The first kappa shape index (κ1) is 9.10. The van der Waals surface area contributed by atoms with Gasteiger partial charge in [0, 0.05) is 5.56 Å². The molecule has 1 aromatic rings. The van der Waals surface area contributed by atoms with Crippen molar-refractivity contribution in [2.75, 3.05) is 0 Å². The SMILES string of the molecule is CC(F)c1ccc(C(F)F)cc1. The molecule has 0 saturated heterocycles. The summed E-state index contributed by atoms with van der Waals surface area (Å²) >= 11 is 0. The van der Waals surface area contributed by atoms with Crippen molar-refractivity contribution in [1.29, 1.82) is 0 Å². The summed E-state index contributed by atoms with van der Waals surface area (Å²) in [6.45, 7) is 1.37. The zero-order valence-electron chi connectivity index (χ0n) is 6.60. The Kier molecular flexibility index (Phi) is 2.74. The summed E-state index contributed by atoms with van der Waals surface area (Å²) < 4.78 is 36.6. The van der Waals surface area contributed by atoms with E-state index in [1.54, 1.807) is 0 Å². The molecule has 0 heterocycles. The lowest BCUT2D eigenvalue weighted by Gasteiger charge is -2.03. The largest absolute Gasteiger partial charge is 0.263 e. The van der Waals surface area contributed by atoms with Crippen LogP contribution in [0.1, 0.15) is 30.6 Å². The second-order valence-electron chi connectivity index (χ2n) is 2.58. The molecule has 0 aliphatic rings. The maximum Gasteiger partial charge on any atom is 0.263 e.